The zero-order valence-electron chi connectivity index (χ0n) is 17.5. The maximum atomic E-state index is 10.6. The molecular formula is C20H20F3N7O3. The average Bonchev–Trinajstić information content (AvgIpc) is 3.39. The van der Waals surface area contributed by atoms with E-state index in [-0.39, 0.29) is 6.10 Å². The van der Waals surface area contributed by atoms with Crippen LogP contribution in [0.3, 0.4) is 0 Å². The van der Waals surface area contributed by atoms with Gasteiger partial charge in [0.1, 0.15) is 5.69 Å². The largest absolute Gasteiger partial charge is 0.490 e. The minimum absolute atomic E-state index is 0.0303. The van der Waals surface area contributed by atoms with Gasteiger partial charge in [0.15, 0.2) is 0 Å². The highest BCUT2D eigenvalue weighted by Gasteiger charge is 2.38. The number of aromatic nitrogens is 5. The van der Waals surface area contributed by atoms with Crippen LogP contribution in [0.4, 0.5) is 13.2 Å². The van der Waals surface area contributed by atoms with E-state index in [2.05, 4.69) is 26.8 Å². The third-order valence-corrected chi connectivity index (χ3v) is 4.73. The summed E-state index contributed by atoms with van der Waals surface area (Å²) in [5, 5.41) is 32.2. The van der Waals surface area contributed by atoms with E-state index in [1.807, 2.05) is 36.0 Å². The van der Waals surface area contributed by atoms with E-state index in [9.17, 15) is 13.2 Å². The van der Waals surface area contributed by atoms with E-state index >= 15 is 0 Å². The van der Waals surface area contributed by atoms with Crippen LogP contribution in [-0.4, -0.2) is 54.7 Å². The fraction of sp³-hybridized carbons (Fsp3) is 0.350. The normalized spacial score (nSPS) is 15.2. The SMILES string of the molecule is Cn1nccc1-c1nnn2c1COC(CNCc1cccc(C#N)c1)C2.O=C(O)C(F)(F)F. The predicted octanol–water partition coefficient (Wildman–Crippen LogP) is 1.87. The Kier molecular flexibility index (Phi) is 7.41. The molecule has 0 spiro atoms. The number of carboxylic acids is 1. The van der Waals surface area contributed by atoms with Crippen LogP contribution in [0, 0.1) is 11.3 Å². The van der Waals surface area contributed by atoms with Gasteiger partial charge in [-0.2, -0.15) is 23.5 Å². The molecule has 1 aromatic carbocycles. The molecule has 1 aliphatic heterocycles. The van der Waals surface area contributed by atoms with Crippen molar-refractivity contribution in [2.45, 2.75) is 32.0 Å². The van der Waals surface area contributed by atoms with E-state index in [0.717, 1.165) is 22.6 Å². The lowest BCUT2D eigenvalue weighted by molar-refractivity contribution is -0.192. The van der Waals surface area contributed by atoms with Crippen molar-refractivity contribution in [3.8, 4) is 17.5 Å². The zero-order chi connectivity index (χ0) is 24.0. The second-order valence-corrected chi connectivity index (χ2v) is 7.09. The Morgan fingerprint density at radius 2 is 2.15 bits per heavy atom. The van der Waals surface area contributed by atoms with Gasteiger partial charge in [0.2, 0.25) is 0 Å². The third-order valence-electron chi connectivity index (χ3n) is 4.73. The third kappa shape index (κ3) is 6.15. The molecule has 0 amide bonds. The van der Waals surface area contributed by atoms with Crippen molar-refractivity contribution in [3.05, 3.63) is 53.3 Å². The quantitative estimate of drug-likeness (QED) is 0.587. The van der Waals surface area contributed by atoms with E-state index in [4.69, 9.17) is 19.9 Å². The smallest absolute Gasteiger partial charge is 0.475 e. The van der Waals surface area contributed by atoms with Gasteiger partial charge in [-0.05, 0) is 23.8 Å². The summed E-state index contributed by atoms with van der Waals surface area (Å²) in [6, 6.07) is 11.7. The summed E-state index contributed by atoms with van der Waals surface area (Å²) in [6.07, 6.45) is -3.30. The van der Waals surface area contributed by atoms with E-state index in [1.54, 1.807) is 16.9 Å². The molecule has 2 N–H and O–H groups in total. The number of nitriles is 1. The van der Waals surface area contributed by atoms with Gasteiger partial charge >= 0.3 is 12.1 Å². The fourth-order valence-corrected chi connectivity index (χ4v) is 3.12. The predicted molar refractivity (Wildman–Crippen MR) is 107 cm³/mol. The lowest BCUT2D eigenvalue weighted by Gasteiger charge is -2.24. The number of fused-ring (bicyclic) bond motifs is 1. The van der Waals surface area contributed by atoms with Gasteiger partial charge in [0, 0.05) is 26.3 Å². The Hall–Kier alpha value is -3.76. The van der Waals surface area contributed by atoms with Crippen LogP contribution in [0.5, 0.6) is 0 Å². The highest BCUT2D eigenvalue weighted by molar-refractivity contribution is 5.73. The van der Waals surface area contributed by atoms with Gasteiger partial charge in [0.25, 0.3) is 0 Å². The highest BCUT2D eigenvalue weighted by Crippen LogP contribution is 2.24. The molecule has 0 fully saturated rings. The first-order valence-corrected chi connectivity index (χ1v) is 9.71. The monoisotopic (exact) mass is 463 g/mol. The van der Waals surface area contributed by atoms with Crippen LogP contribution >= 0.6 is 0 Å². The summed E-state index contributed by atoms with van der Waals surface area (Å²) in [5.74, 6) is -2.76. The number of nitrogens with one attached hydrogen (secondary N) is 1. The van der Waals surface area contributed by atoms with Crippen molar-refractivity contribution in [2.24, 2.45) is 7.05 Å². The first-order valence-electron chi connectivity index (χ1n) is 9.71. The topological polar surface area (TPSA) is 131 Å². The first-order chi connectivity index (χ1) is 15.7. The van der Waals surface area contributed by atoms with Gasteiger partial charge in [-0.25, -0.2) is 9.48 Å². The number of nitrogens with zero attached hydrogens (tertiary/aromatic N) is 6. The number of carbonyl (C=O) groups is 1. The number of carboxylic acid groups (broad SMARTS) is 1. The molecule has 3 heterocycles. The van der Waals surface area contributed by atoms with Crippen molar-refractivity contribution in [3.63, 3.8) is 0 Å². The van der Waals surface area contributed by atoms with Crippen LogP contribution in [0.2, 0.25) is 0 Å². The molecule has 1 aliphatic rings. The number of ether oxygens (including phenoxy) is 1. The fourth-order valence-electron chi connectivity index (χ4n) is 3.12. The van der Waals surface area contributed by atoms with Gasteiger partial charge in [0.05, 0.1) is 42.3 Å². The molecule has 3 aromatic rings. The van der Waals surface area contributed by atoms with Crippen LogP contribution in [0.1, 0.15) is 16.8 Å². The molecule has 4 rings (SSSR count). The molecule has 33 heavy (non-hydrogen) atoms. The first kappa shape index (κ1) is 23.9. The summed E-state index contributed by atoms with van der Waals surface area (Å²) < 4.78 is 41.4. The molecular weight excluding hydrogens is 443 g/mol. The van der Waals surface area contributed by atoms with Crippen molar-refractivity contribution in [2.75, 3.05) is 6.54 Å². The van der Waals surface area contributed by atoms with Gasteiger partial charge in [-0.1, -0.05) is 17.3 Å². The minimum Gasteiger partial charge on any atom is -0.475 e. The summed E-state index contributed by atoms with van der Waals surface area (Å²) in [5.41, 5.74) is 4.49. The molecule has 13 heteroatoms. The second kappa shape index (κ2) is 10.2. The molecule has 0 bridgehead atoms. The maximum absolute atomic E-state index is 10.6. The number of hydrogen-bond donors (Lipinski definition) is 2. The molecule has 0 radical (unpaired) electrons. The molecule has 10 nitrogen and oxygen atoms in total. The number of hydrogen-bond acceptors (Lipinski definition) is 7. The lowest BCUT2D eigenvalue weighted by Crippen LogP contribution is -2.36. The van der Waals surface area contributed by atoms with Crippen molar-refractivity contribution < 1.29 is 27.8 Å². The van der Waals surface area contributed by atoms with Gasteiger partial charge in [-0.3, -0.25) is 4.68 Å². The standard InChI is InChI=1S/C18H19N7O.C2HF3O2/c1-24-16(5-6-21-24)18-17-12-26-15(11-25(17)23-22-18)10-20-9-14-4-2-3-13(7-14)8-19;3-2(4,5)1(6)7/h2-7,15,20H,9-12H2,1H3;(H,6,7). The molecule has 1 unspecified atom stereocenters. The Morgan fingerprint density at radius 1 is 1.39 bits per heavy atom. The number of alkyl halides is 3. The van der Waals surface area contributed by atoms with Crippen molar-refractivity contribution >= 4 is 5.97 Å². The molecule has 2 aromatic heterocycles. The Labute approximate surface area is 186 Å². The Bertz CT molecular complexity index is 1150. The molecule has 174 valence electrons. The van der Waals surface area contributed by atoms with Crippen LogP contribution in [0.25, 0.3) is 11.4 Å². The molecule has 0 saturated carbocycles. The van der Waals surface area contributed by atoms with Crippen molar-refractivity contribution in [1.82, 2.24) is 30.1 Å². The van der Waals surface area contributed by atoms with E-state index in [1.165, 1.54) is 0 Å². The Morgan fingerprint density at radius 3 is 2.79 bits per heavy atom. The van der Waals surface area contributed by atoms with E-state index in [0.29, 0.717) is 31.8 Å². The van der Waals surface area contributed by atoms with E-state index < -0.39 is 12.1 Å². The summed E-state index contributed by atoms with van der Waals surface area (Å²) >= 11 is 0. The average molecular weight is 463 g/mol. The summed E-state index contributed by atoms with van der Waals surface area (Å²) in [4.78, 5) is 8.90. The lowest BCUT2D eigenvalue weighted by atomic mass is 10.1. The molecule has 0 aliphatic carbocycles. The summed E-state index contributed by atoms with van der Waals surface area (Å²) in [7, 11) is 1.89. The molecule has 0 saturated heterocycles. The molecule has 1 atom stereocenters. The number of aryl methyl sites for hydroxylation is 1. The summed E-state index contributed by atoms with van der Waals surface area (Å²) in [6.45, 7) is 2.53. The number of benzene rings is 1. The maximum Gasteiger partial charge on any atom is 0.490 e. The zero-order valence-corrected chi connectivity index (χ0v) is 17.5. The number of rotatable bonds is 5. The second-order valence-electron chi connectivity index (χ2n) is 7.09. The van der Waals surface area contributed by atoms with Crippen molar-refractivity contribution in [1.29, 1.82) is 5.26 Å². The minimum atomic E-state index is -5.08. The Balaban J connectivity index is 0.000000383. The number of halogens is 3. The highest BCUT2D eigenvalue weighted by atomic mass is 19.4. The van der Waals surface area contributed by atoms with Crippen LogP contribution in [0.15, 0.2) is 36.5 Å². The number of aliphatic carboxylic acids is 1. The van der Waals surface area contributed by atoms with Gasteiger partial charge in [-0.15, -0.1) is 5.10 Å². The van der Waals surface area contributed by atoms with Crippen LogP contribution in [-0.2, 0) is 36.3 Å². The van der Waals surface area contributed by atoms with Gasteiger partial charge < -0.3 is 15.2 Å². The van der Waals surface area contributed by atoms with Crippen LogP contribution < -0.4 is 5.32 Å².